The molecule has 0 radical (unpaired) electrons. The fourth-order valence-corrected chi connectivity index (χ4v) is 3.36. The summed E-state index contributed by atoms with van der Waals surface area (Å²) in [6, 6.07) is 10.3. The third kappa shape index (κ3) is 5.12. The molecule has 0 aliphatic heterocycles. The van der Waals surface area contributed by atoms with Gasteiger partial charge in [0.1, 0.15) is 0 Å². The lowest BCUT2D eigenvalue weighted by Crippen LogP contribution is -2.36. The van der Waals surface area contributed by atoms with Crippen LogP contribution in [-0.4, -0.2) is 23.5 Å². The Morgan fingerprint density at radius 2 is 1.76 bits per heavy atom. The lowest BCUT2D eigenvalue weighted by molar-refractivity contribution is 0.155. The van der Waals surface area contributed by atoms with E-state index in [1.54, 1.807) is 0 Å². The second-order valence-electron chi connectivity index (χ2n) is 6.66. The highest BCUT2D eigenvalue weighted by molar-refractivity contribution is 5.27. The smallest absolute Gasteiger partial charge is 0.0239 e. The molecule has 1 aliphatic rings. The first-order chi connectivity index (χ1) is 10.2. The summed E-state index contributed by atoms with van der Waals surface area (Å²) in [7, 11) is 0. The predicted molar refractivity (Wildman–Crippen MR) is 91.4 cm³/mol. The summed E-state index contributed by atoms with van der Waals surface area (Å²) < 4.78 is 0. The van der Waals surface area contributed by atoms with Crippen LogP contribution in [0.4, 0.5) is 0 Å². The standard InChI is InChI=1S/C19H32N2/c1-4-21(19-12-6-5-7-13-19)15-18-11-9-8-10-17(18)14-20-16(2)3/h8-11,16,19-20H,4-7,12-15H2,1-3H3. The molecule has 2 heteroatoms. The molecule has 0 atom stereocenters. The Kier molecular flexibility index (Phi) is 6.72. The Morgan fingerprint density at radius 1 is 1.10 bits per heavy atom. The maximum Gasteiger partial charge on any atom is 0.0239 e. The molecular weight excluding hydrogens is 256 g/mol. The summed E-state index contributed by atoms with van der Waals surface area (Å²) in [5, 5.41) is 3.55. The molecule has 0 unspecified atom stereocenters. The summed E-state index contributed by atoms with van der Waals surface area (Å²) in [6.45, 7) is 9.99. The quantitative estimate of drug-likeness (QED) is 0.803. The van der Waals surface area contributed by atoms with E-state index in [1.165, 1.54) is 43.2 Å². The molecule has 1 aromatic carbocycles. The van der Waals surface area contributed by atoms with E-state index in [0.717, 1.165) is 25.7 Å². The monoisotopic (exact) mass is 288 g/mol. The molecule has 1 aliphatic carbocycles. The van der Waals surface area contributed by atoms with Crippen molar-refractivity contribution < 1.29 is 0 Å². The van der Waals surface area contributed by atoms with Crippen molar-refractivity contribution in [1.82, 2.24) is 10.2 Å². The molecule has 0 spiro atoms. The Balaban J connectivity index is 2.02. The Morgan fingerprint density at radius 3 is 2.38 bits per heavy atom. The summed E-state index contributed by atoms with van der Waals surface area (Å²) in [5.74, 6) is 0. The van der Waals surface area contributed by atoms with Crippen molar-refractivity contribution >= 4 is 0 Å². The predicted octanol–water partition coefficient (Wildman–Crippen LogP) is 4.34. The van der Waals surface area contributed by atoms with Gasteiger partial charge in [-0.25, -0.2) is 0 Å². The van der Waals surface area contributed by atoms with Gasteiger partial charge in [-0.15, -0.1) is 0 Å². The second kappa shape index (κ2) is 8.55. The van der Waals surface area contributed by atoms with E-state index >= 15 is 0 Å². The topological polar surface area (TPSA) is 15.3 Å². The van der Waals surface area contributed by atoms with Crippen LogP contribution < -0.4 is 5.32 Å². The summed E-state index contributed by atoms with van der Waals surface area (Å²) in [5.41, 5.74) is 2.96. The van der Waals surface area contributed by atoms with Gasteiger partial charge in [0, 0.05) is 25.2 Å². The van der Waals surface area contributed by atoms with Gasteiger partial charge in [0.25, 0.3) is 0 Å². The van der Waals surface area contributed by atoms with Gasteiger partial charge in [-0.1, -0.05) is 64.3 Å². The zero-order valence-electron chi connectivity index (χ0n) is 14.1. The lowest BCUT2D eigenvalue weighted by atomic mass is 9.93. The van der Waals surface area contributed by atoms with Crippen LogP contribution >= 0.6 is 0 Å². The van der Waals surface area contributed by atoms with Crippen molar-refractivity contribution in [1.29, 1.82) is 0 Å². The van der Waals surface area contributed by atoms with Gasteiger partial charge in [0.15, 0.2) is 0 Å². The van der Waals surface area contributed by atoms with Crippen LogP contribution in [0.1, 0.15) is 64.0 Å². The van der Waals surface area contributed by atoms with E-state index in [1.807, 2.05) is 0 Å². The fraction of sp³-hybridized carbons (Fsp3) is 0.684. The van der Waals surface area contributed by atoms with Crippen LogP contribution in [0.5, 0.6) is 0 Å². The van der Waals surface area contributed by atoms with Crippen molar-refractivity contribution in [3.8, 4) is 0 Å². The molecule has 118 valence electrons. The minimum Gasteiger partial charge on any atom is -0.310 e. The first-order valence-corrected chi connectivity index (χ1v) is 8.75. The molecule has 1 N–H and O–H groups in total. The molecule has 21 heavy (non-hydrogen) atoms. The molecular formula is C19H32N2. The minimum atomic E-state index is 0.540. The van der Waals surface area contributed by atoms with Gasteiger partial charge >= 0.3 is 0 Å². The van der Waals surface area contributed by atoms with Gasteiger partial charge in [-0.3, -0.25) is 4.90 Å². The van der Waals surface area contributed by atoms with Gasteiger partial charge in [-0.05, 0) is 30.5 Å². The normalized spacial score (nSPS) is 16.8. The number of nitrogens with zero attached hydrogens (tertiary/aromatic N) is 1. The van der Waals surface area contributed by atoms with Crippen LogP contribution in [0.15, 0.2) is 24.3 Å². The zero-order chi connectivity index (χ0) is 15.1. The van der Waals surface area contributed by atoms with Crippen molar-refractivity contribution in [2.75, 3.05) is 6.54 Å². The number of rotatable bonds is 7. The highest BCUT2D eigenvalue weighted by atomic mass is 15.1. The number of nitrogens with one attached hydrogen (secondary N) is 1. The first-order valence-electron chi connectivity index (χ1n) is 8.75. The molecule has 0 heterocycles. The van der Waals surface area contributed by atoms with Gasteiger partial charge in [0.2, 0.25) is 0 Å². The van der Waals surface area contributed by atoms with Gasteiger partial charge in [-0.2, -0.15) is 0 Å². The Hall–Kier alpha value is -0.860. The molecule has 2 rings (SSSR count). The van der Waals surface area contributed by atoms with E-state index in [2.05, 4.69) is 55.3 Å². The van der Waals surface area contributed by atoms with Crippen molar-refractivity contribution in [2.24, 2.45) is 0 Å². The van der Waals surface area contributed by atoms with Crippen molar-refractivity contribution in [2.45, 2.75) is 78.0 Å². The SMILES string of the molecule is CCN(Cc1ccccc1CNC(C)C)C1CCCCC1. The van der Waals surface area contributed by atoms with Crippen LogP contribution in [0.25, 0.3) is 0 Å². The van der Waals surface area contributed by atoms with Crippen LogP contribution in [-0.2, 0) is 13.1 Å². The number of benzene rings is 1. The van der Waals surface area contributed by atoms with Crippen molar-refractivity contribution in [3.05, 3.63) is 35.4 Å². The zero-order valence-corrected chi connectivity index (χ0v) is 14.1. The highest BCUT2D eigenvalue weighted by Crippen LogP contribution is 2.24. The lowest BCUT2D eigenvalue weighted by Gasteiger charge is -2.34. The highest BCUT2D eigenvalue weighted by Gasteiger charge is 2.20. The van der Waals surface area contributed by atoms with Gasteiger partial charge in [0.05, 0.1) is 0 Å². The van der Waals surface area contributed by atoms with Crippen LogP contribution in [0.3, 0.4) is 0 Å². The second-order valence-corrected chi connectivity index (χ2v) is 6.66. The molecule has 1 fully saturated rings. The average Bonchev–Trinajstić information content (AvgIpc) is 2.52. The molecule has 0 aromatic heterocycles. The Labute approximate surface area is 130 Å². The largest absolute Gasteiger partial charge is 0.310 e. The number of hydrogen-bond donors (Lipinski definition) is 1. The van der Waals surface area contributed by atoms with E-state index in [0.29, 0.717) is 6.04 Å². The molecule has 1 saturated carbocycles. The van der Waals surface area contributed by atoms with Crippen molar-refractivity contribution in [3.63, 3.8) is 0 Å². The van der Waals surface area contributed by atoms with E-state index in [-0.39, 0.29) is 0 Å². The summed E-state index contributed by atoms with van der Waals surface area (Å²) in [6.07, 6.45) is 7.04. The number of hydrogen-bond acceptors (Lipinski definition) is 2. The van der Waals surface area contributed by atoms with Crippen LogP contribution in [0, 0.1) is 0 Å². The fourth-order valence-electron chi connectivity index (χ4n) is 3.36. The van der Waals surface area contributed by atoms with E-state index < -0.39 is 0 Å². The van der Waals surface area contributed by atoms with Crippen LogP contribution in [0.2, 0.25) is 0 Å². The van der Waals surface area contributed by atoms with E-state index in [9.17, 15) is 0 Å². The third-order valence-corrected chi connectivity index (χ3v) is 4.69. The summed E-state index contributed by atoms with van der Waals surface area (Å²) >= 11 is 0. The molecule has 0 saturated heterocycles. The molecule has 0 amide bonds. The van der Waals surface area contributed by atoms with E-state index in [4.69, 9.17) is 0 Å². The first kappa shape index (κ1) is 16.5. The molecule has 1 aromatic rings. The molecule has 2 nitrogen and oxygen atoms in total. The maximum atomic E-state index is 3.55. The average molecular weight is 288 g/mol. The maximum absolute atomic E-state index is 3.55. The Bertz CT molecular complexity index is 408. The van der Waals surface area contributed by atoms with Gasteiger partial charge < -0.3 is 5.32 Å². The summed E-state index contributed by atoms with van der Waals surface area (Å²) in [4.78, 5) is 2.69. The third-order valence-electron chi connectivity index (χ3n) is 4.69. The molecule has 0 bridgehead atoms. The minimum absolute atomic E-state index is 0.540.